The van der Waals surface area contributed by atoms with Gasteiger partial charge in [-0.1, -0.05) is 12.8 Å². The first-order valence-corrected chi connectivity index (χ1v) is 6.40. The fourth-order valence-corrected chi connectivity index (χ4v) is 3.12. The number of rotatable bonds is 3. The molecule has 0 aromatic rings. The Morgan fingerprint density at radius 2 is 1.75 bits per heavy atom. The summed E-state index contributed by atoms with van der Waals surface area (Å²) >= 11 is 0. The molecule has 4 heteroatoms. The van der Waals surface area contributed by atoms with Crippen LogP contribution in [0.2, 0.25) is 0 Å². The molecule has 1 saturated carbocycles. The van der Waals surface area contributed by atoms with Gasteiger partial charge in [-0.15, -0.1) is 0 Å². The molecular weight excluding hydrogens is 210 g/mol. The molecule has 2 fully saturated rings. The van der Waals surface area contributed by atoms with Gasteiger partial charge in [-0.2, -0.15) is 0 Å². The van der Waals surface area contributed by atoms with Gasteiger partial charge in [-0.3, -0.25) is 0 Å². The molecule has 2 nitrogen and oxygen atoms in total. The molecule has 0 aromatic carbocycles. The molecule has 2 N–H and O–H groups in total. The molecular formula is C12H22F2N2. The van der Waals surface area contributed by atoms with Gasteiger partial charge in [0, 0.05) is 18.0 Å². The lowest BCUT2D eigenvalue weighted by atomic mass is 9.78. The molecule has 0 bridgehead atoms. The Kier molecular flexibility index (Phi) is 3.80. The van der Waals surface area contributed by atoms with Gasteiger partial charge in [-0.25, -0.2) is 8.78 Å². The minimum Gasteiger partial charge on any atom is -0.330 e. The lowest BCUT2D eigenvalue weighted by Gasteiger charge is -2.42. The van der Waals surface area contributed by atoms with Crippen LogP contribution in [0.5, 0.6) is 0 Å². The Balaban J connectivity index is 1.89. The zero-order valence-corrected chi connectivity index (χ0v) is 9.80. The summed E-state index contributed by atoms with van der Waals surface area (Å²) in [6.45, 7) is 1.75. The minimum absolute atomic E-state index is 0.128. The zero-order valence-electron chi connectivity index (χ0n) is 9.80. The minimum atomic E-state index is -2.26. The molecule has 2 aliphatic rings. The van der Waals surface area contributed by atoms with Crippen LogP contribution in [0.1, 0.15) is 38.5 Å². The van der Waals surface area contributed by atoms with Crippen molar-refractivity contribution in [3.05, 3.63) is 0 Å². The summed E-state index contributed by atoms with van der Waals surface area (Å²) < 4.78 is 26.0. The Morgan fingerprint density at radius 3 is 2.19 bits per heavy atom. The highest BCUT2D eigenvalue weighted by molar-refractivity contribution is 4.91. The Labute approximate surface area is 96.2 Å². The van der Waals surface area contributed by atoms with Crippen LogP contribution in [0.15, 0.2) is 0 Å². The Morgan fingerprint density at radius 1 is 1.19 bits per heavy atom. The van der Waals surface area contributed by atoms with Gasteiger partial charge in [0.15, 0.2) is 0 Å². The van der Waals surface area contributed by atoms with Crippen LogP contribution in [0.4, 0.5) is 8.78 Å². The number of piperidine rings is 1. The Bertz CT molecular complexity index is 219. The van der Waals surface area contributed by atoms with Gasteiger partial charge >= 0.3 is 0 Å². The number of hydrogen-bond donors (Lipinski definition) is 1. The quantitative estimate of drug-likeness (QED) is 0.808. The fraction of sp³-hybridized carbons (Fsp3) is 1.00. The van der Waals surface area contributed by atoms with Gasteiger partial charge in [0.2, 0.25) is 6.43 Å². The molecule has 0 atom stereocenters. The summed E-state index contributed by atoms with van der Waals surface area (Å²) in [5.41, 5.74) is 4.65. The number of nitrogens with two attached hydrogens (primary N) is 1. The van der Waals surface area contributed by atoms with E-state index in [2.05, 4.69) is 4.90 Å². The van der Waals surface area contributed by atoms with Crippen molar-refractivity contribution in [1.29, 1.82) is 0 Å². The van der Waals surface area contributed by atoms with Crippen LogP contribution in [0.25, 0.3) is 0 Å². The van der Waals surface area contributed by atoms with Crippen molar-refractivity contribution < 1.29 is 8.78 Å². The summed E-state index contributed by atoms with van der Waals surface area (Å²) in [6.07, 6.45) is 3.99. The summed E-state index contributed by atoms with van der Waals surface area (Å²) in [7, 11) is 0. The van der Waals surface area contributed by atoms with Crippen LogP contribution in [-0.4, -0.2) is 37.0 Å². The van der Waals surface area contributed by atoms with E-state index in [1.165, 1.54) is 25.7 Å². The maximum atomic E-state index is 13.0. The summed E-state index contributed by atoms with van der Waals surface area (Å²) in [5.74, 6) is 0. The van der Waals surface area contributed by atoms with Gasteiger partial charge in [-0.05, 0) is 38.8 Å². The summed E-state index contributed by atoms with van der Waals surface area (Å²) in [5, 5.41) is 0. The van der Waals surface area contributed by atoms with E-state index in [0.29, 0.717) is 18.9 Å². The standard InChI is InChI=1S/C12H22F2N2/c13-11(14)12(9-15)5-7-16(8-6-12)10-3-1-2-4-10/h10-11H,1-9,15H2. The van der Waals surface area contributed by atoms with Crippen molar-refractivity contribution >= 4 is 0 Å². The fourth-order valence-electron chi connectivity index (χ4n) is 3.12. The van der Waals surface area contributed by atoms with Gasteiger partial charge in [0.25, 0.3) is 0 Å². The summed E-state index contributed by atoms with van der Waals surface area (Å²) in [4.78, 5) is 2.41. The van der Waals surface area contributed by atoms with Crippen molar-refractivity contribution in [3.63, 3.8) is 0 Å². The van der Waals surface area contributed by atoms with Gasteiger partial charge < -0.3 is 10.6 Å². The molecule has 2 rings (SSSR count). The van der Waals surface area contributed by atoms with E-state index < -0.39 is 11.8 Å². The van der Waals surface area contributed by atoms with Crippen molar-refractivity contribution in [2.45, 2.75) is 51.0 Å². The van der Waals surface area contributed by atoms with Gasteiger partial charge in [0.1, 0.15) is 0 Å². The topological polar surface area (TPSA) is 29.3 Å². The number of halogens is 2. The number of likely N-dealkylation sites (tertiary alicyclic amines) is 1. The third kappa shape index (κ3) is 2.23. The largest absolute Gasteiger partial charge is 0.330 e. The monoisotopic (exact) mass is 232 g/mol. The van der Waals surface area contributed by atoms with Crippen LogP contribution in [0.3, 0.4) is 0 Å². The average molecular weight is 232 g/mol. The molecule has 0 radical (unpaired) electrons. The lowest BCUT2D eigenvalue weighted by molar-refractivity contribution is -0.0480. The molecule has 0 spiro atoms. The molecule has 94 valence electrons. The van der Waals surface area contributed by atoms with Crippen molar-refractivity contribution in [1.82, 2.24) is 4.90 Å². The predicted molar refractivity (Wildman–Crippen MR) is 60.6 cm³/mol. The average Bonchev–Trinajstić information content (AvgIpc) is 2.82. The normalized spacial score (nSPS) is 27.8. The number of hydrogen-bond acceptors (Lipinski definition) is 2. The second-order valence-corrected chi connectivity index (χ2v) is 5.34. The highest BCUT2D eigenvalue weighted by Crippen LogP contribution is 2.38. The molecule has 1 aliphatic carbocycles. The maximum Gasteiger partial charge on any atom is 0.245 e. The highest BCUT2D eigenvalue weighted by Gasteiger charge is 2.42. The SMILES string of the molecule is NCC1(C(F)F)CCN(C2CCCC2)CC1. The lowest BCUT2D eigenvalue weighted by Crippen LogP contribution is -2.50. The number of alkyl halides is 2. The van der Waals surface area contributed by atoms with E-state index in [-0.39, 0.29) is 6.54 Å². The molecule has 1 saturated heterocycles. The van der Waals surface area contributed by atoms with E-state index in [1.807, 2.05) is 0 Å². The second-order valence-electron chi connectivity index (χ2n) is 5.34. The van der Waals surface area contributed by atoms with E-state index in [0.717, 1.165) is 13.1 Å². The van der Waals surface area contributed by atoms with Crippen LogP contribution < -0.4 is 5.73 Å². The van der Waals surface area contributed by atoms with Crippen molar-refractivity contribution in [2.24, 2.45) is 11.1 Å². The summed E-state index contributed by atoms with van der Waals surface area (Å²) in [6, 6.07) is 0.661. The van der Waals surface area contributed by atoms with E-state index in [4.69, 9.17) is 5.73 Å². The smallest absolute Gasteiger partial charge is 0.245 e. The molecule has 0 amide bonds. The van der Waals surface area contributed by atoms with Crippen molar-refractivity contribution in [3.8, 4) is 0 Å². The van der Waals surface area contributed by atoms with Crippen LogP contribution in [-0.2, 0) is 0 Å². The molecule has 0 unspecified atom stereocenters. The molecule has 1 heterocycles. The van der Waals surface area contributed by atoms with Crippen LogP contribution in [0, 0.1) is 5.41 Å². The van der Waals surface area contributed by atoms with Crippen LogP contribution >= 0.6 is 0 Å². The van der Waals surface area contributed by atoms with E-state index in [1.54, 1.807) is 0 Å². The van der Waals surface area contributed by atoms with E-state index >= 15 is 0 Å². The van der Waals surface area contributed by atoms with E-state index in [9.17, 15) is 8.78 Å². The third-order valence-corrected chi connectivity index (χ3v) is 4.50. The molecule has 16 heavy (non-hydrogen) atoms. The maximum absolute atomic E-state index is 13.0. The zero-order chi connectivity index (χ0) is 11.6. The molecule has 0 aromatic heterocycles. The highest BCUT2D eigenvalue weighted by atomic mass is 19.3. The first-order valence-electron chi connectivity index (χ1n) is 6.40. The third-order valence-electron chi connectivity index (χ3n) is 4.50. The second kappa shape index (κ2) is 4.96. The number of nitrogens with zero attached hydrogens (tertiary/aromatic N) is 1. The Hall–Kier alpha value is -0.220. The van der Waals surface area contributed by atoms with Gasteiger partial charge in [0.05, 0.1) is 0 Å². The molecule has 1 aliphatic heterocycles. The first-order chi connectivity index (χ1) is 7.68. The predicted octanol–water partition coefficient (Wildman–Crippen LogP) is 2.24. The first kappa shape index (κ1) is 12.2. The van der Waals surface area contributed by atoms with Crippen molar-refractivity contribution in [2.75, 3.05) is 19.6 Å².